The van der Waals surface area contributed by atoms with E-state index in [1.54, 1.807) is 13.2 Å². The molecule has 0 spiro atoms. The maximum Gasteiger partial charge on any atom is 0.306 e. The van der Waals surface area contributed by atoms with Gasteiger partial charge in [-0.2, -0.15) is 0 Å². The molecule has 0 amide bonds. The van der Waals surface area contributed by atoms with E-state index in [4.69, 9.17) is 9.47 Å². The predicted molar refractivity (Wildman–Crippen MR) is 165 cm³/mol. The third-order valence-electron chi connectivity index (χ3n) is 9.68. The van der Waals surface area contributed by atoms with E-state index in [2.05, 4.69) is 54.1 Å². The first kappa shape index (κ1) is 29.6. The van der Waals surface area contributed by atoms with Crippen molar-refractivity contribution in [1.29, 1.82) is 0 Å². The van der Waals surface area contributed by atoms with Crippen molar-refractivity contribution in [3.05, 3.63) is 76.7 Å². The lowest BCUT2D eigenvalue weighted by Gasteiger charge is -2.38. The Morgan fingerprint density at radius 3 is 2.70 bits per heavy atom. The van der Waals surface area contributed by atoms with Crippen LogP contribution in [0.5, 0.6) is 11.6 Å². The summed E-state index contributed by atoms with van der Waals surface area (Å²) < 4.78 is 27.2. The van der Waals surface area contributed by atoms with Crippen LogP contribution in [0, 0.1) is 23.1 Å². The van der Waals surface area contributed by atoms with Gasteiger partial charge in [-0.1, -0.05) is 51.1 Å². The normalized spacial score (nSPS) is 21.4. The highest BCUT2D eigenvalue weighted by Crippen LogP contribution is 2.48. The quantitative estimate of drug-likeness (QED) is 0.276. The van der Waals surface area contributed by atoms with E-state index in [1.165, 1.54) is 12.6 Å². The number of carboxylic acid groups (broad SMARTS) is 1. The molecule has 0 bridgehead atoms. The first-order valence-electron chi connectivity index (χ1n) is 15.7. The van der Waals surface area contributed by atoms with Gasteiger partial charge >= 0.3 is 5.97 Å². The molecule has 2 fully saturated rings. The van der Waals surface area contributed by atoms with Crippen LogP contribution in [0.15, 0.2) is 48.7 Å². The van der Waals surface area contributed by atoms with E-state index in [1.807, 2.05) is 13.0 Å². The fourth-order valence-corrected chi connectivity index (χ4v) is 7.27. The van der Waals surface area contributed by atoms with Crippen molar-refractivity contribution in [2.75, 3.05) is 20.2 Å². The summed E-state index contributed by atoms with van der Waals surface area (Å²) >= 11 is 0. The molecule has 2 aliphatic heterocycles. The number of likely N-dealkylation sites (tertiary alicyclic amines) is 1. The summed E-state index contributed by atoms with van der Waals surface area (Å²) in [5, 5.41) is 9.77. The lowest BCUT2D eigenvalue weighted by atomic mass is 9.82. The van der Waals surface area contributed by atoms with Crippen molar-refractivity contribution >= 4 is 5.97 Å². The van der Waals surface area contributed by atoms with Crippen LogP contribution in [0.1, 0.15) is 87.2 Å². The zero-order valence-corrected chi connectivity index (χ0v) is 25.7. The molecule has 3 aromatic rings. The topological polar surface area (TPSA) is 71.9 Å². The number of benzene rings is 2. The number of rotatable bonds is 9. The Bertz CT molecular complexity index is 1500. The van der Waals surface area contributed by atoms with E-state index < -0.39 is 11.9 Å². The molecule has 1 saturated heterocycles. The maximum absolute atomic E-state index is 15.2. The largest absolute Gasteiger partial charge is 0.485 e. The molecule has 1 aromatic heterocycles. The van der Waals surface area contributed by atoms with Crippen LogP contribution in [-0.2, 0) is 17.8 Å². The van der Waals surface area contributed by atoms with Crippen LogP contribution in [0.4, 0.5) is 4.39 Å². The number of hydrogen-bond acceptors (Lipinski definition) is 5. The van der Waals surface area contributed by atoms with E-state index in [9.17, 15) is 9.90 Å². The molecule has 3 aliphatic rings. The standard InChI is InChI=1S/C36H43FN2O4/c1-22(35(40)41)34(24-7-8-24)26-9-6-23-11-13-31(43-32(23)17-26)25-10-12-28(29-18-33(42-4)38-19-30(29)37)27(16-25)20-39-15-5-14-36(2,3)21-39/h6,9-10,12,16-19,22,24,31,34H,5,7-8,11,13-15,20-21H2,1-4H3,(H,40,41)/t22-,31+,34?/m0/s1. The summed E-state index contributed by atoms with van der Waals surface area (Å²) in [5.74, 6) is 0.100. The fourth-order valence-electron chi connectivity index (χ4n) is 7.27. The van der Waals surface area contributed by atoms with Gasteiger partial charge in [-0.3, -0.25) is 9.69 Å². The van der Waals surface area contributed by atoms with Gasteiger partial charge in [0.15, 0.2) is 0 Å². The minimum atomic E-state index is -0.749. The van der Waals surface area contributed by atoms with Gasteiger partial charge in [-0.25, -0.2) is 9.37 Å². The molecule has 2 aromatic carbocycles. The number of halogens is 1. The number of aromatic nitrogens is 1. The Labute approximate surface area is 254 Å². The Morgan fingerprint density at radius 2 is 1.98 bits per heavy atom. The highest BCUT2D eigenvalue weighted by molar-refractivity contribution is 5.71. The number of aliphatic carboxylic acids is 1. The van der Waals surface area contributed by atoms with Crippen molar-refractivity contribution in [1.82, 2.24) is 9.88 Å². The SMILES string of the molecule is COc1cc(-c2ccc([C@H]3CCc4ccc(C(C5CC5)[C@H](C)C(=O)O)cc4O3)cc2CN2CCCC(C)(C)C2)c(F)cn1. The molecule has 43 heavy (non-hydrogen) atoms. The number of methoxy groups -OCH3 is 1. The lowest BCUT2D eigenvalue weighted by molar-refractivity contribution is -0.142. The molecule has 1 saturated carbocycles. The number of hydrogen-bond donors (Lipinski definition) is 1. The van der Waals surface area contributed by atoms with Crippen molar-refractivity contribution in [3.63, 3.8) is 0 Å². The number of piperidine rings is 1. The van der Waals surface area contributed by atoms with Gasteiger partial charge in [-0.15, -0.1) is 0 Å². The number of fused-ring (bicyclic) bond motifs is 1. The summed E-state index contributed by atoms with van der Waals surface area (Å²) in [4.78, 5) is 18.4. The molecular formula is C36H43FN2O4. The number of ether oxygens (including phenoxy) is 2. The molecule has 1 N–H and O–H groups in total. The number of aryl methyl sites for hydroxylation is 1. The third-order valence-corrected chi connectivity index (χ3v) is 9.68. The lowest BCUT2D eigenvalue weighted by Crippen LogP contribution is -2.39. The second kappa shape index (κ2) is 11.9. The van der Waals surface area contributed by atoms with Crippen LogP contribution in [0.25, 0.3) is 11.1 Å². The molecule has 6 rings (SSSR count). The molecule has 1 unspecified atom stereocenters. The van der Waals surface area contributed by atoms with Gasteiger partial charge in [-0.05, 0) is 96.2 Å². The summed E-state index contributed by atoms with van der Waals surface area (Å²) in [7, 11) is 1.54. The average Bonchev–Trinajstić information content (AvgIpc) is 3.82. The third kappa shape index (κ3) is 6.42. The molecule has 228 valence electrons. The first-order valence-corrected chi connectivity index (χ1v) is 15.7. The average molecular weight is 587 g/mol. The molecule has 3 heterocycles. The Kier molecular flexibility index (Phi) is 8.20. The van der Waals surface area contributed by atoms with Crippen molar-refractivity contribution < 1.29 is 23.8 Å². The molecule has 6 nitrogen and oxygen atoms in total. The molecule has 0 radical (unpaired) electrons. The van der Waals surface area contributed by atoms with Gasteiger partial charge in [0.1, 0.15) is 17.7 Å². The van der Waals surface area contributed by atoms with Gasteiger partial charge in [0.2, 0.25) is 5.88 Å². The van der Waals surface area contributed by atoms with E-state index in [-0.39, 0.29) is 23.3 Å². The van der Waals surface area contributed by atoms with E-state index in [0.717, 1.165) is 85.3 Å². The van der Waals surface area contributed by atoms with Crippen LogP contribution >= 0.6 is 0 Å². The van der Waals surface area contributed by atoms with Crippen molar-refractivity contribution in [3.8, 4) is 22.8 Å². The Morgan fingerprint density at radius 1 is 1.16 bits per heavy atom. The second-order valence-corrected chi connectivity index (χ2v) is 13.6. The first-order chi connectivity index (χ1) is 20.6. The van der Waals surface area contributed by atoms with E-state index in [0.29, 0.717) is 17.4 Å². The molecule has 3 atom stereocenters. The summed E-state index contributed by atoms with van der Waals surface area (Å²) in [5.41, 5.74) is 5.94. The zero-order valence-electron chi connectivity index (χ0n) is 25.7. The number of carboxylic acids is 1. The van der Waals surface area contributed by atoms with Gasteiger partial charge in [0.25, 0.3) is 0 Å². The summed E-state index contributed by atoms with van der Waals surface area (Å²) in [6.07, 6.45) is 7.33. The van der Waals surface area contributed by atoms with Crippen LogP contribution in [-0.4, -0.2) is 41.2 Å². The summed E-state index contributed by atoms with van der Waals surface area (Å²) in [6.45, 7) is 9.18. The smallest absolute Gasteiger partial charge is 0.306 e. The highest BCUT2D eigenvalue weighted by atomic mass is 19.1. The van der Waals surface area contributed by atoms with Gasteiger partial charge in [0, 0.05) is 24.7 Å². The monoisotopic (exact) mass is 586 g/mol. The molecular weight excluding hydrogens is 543 g/mol. The maximum atomic E-state index is 15.2. The zero-order chi connectivity index (χ0) is 30.3. The Balaban J connectivity index is 1.32. The summed E-state index contributed by atoms with van der Waals surface area (Å²) in [6, 6.07) is 14.3. The minimum absolute atomic E-state index is 0.00120. The number of pyridine rings is 1. The van der Waals surface area contributed by atoms with E-state index >= 15 is 4.39 Å². The fraction of sp³-hybridized carbons (Fsp3) is 0.500. The molecule has 1 aliphatic carbocycles. The predicted octanol–water partition coefficient (Wildman–Crippen LogP) is 7.80. The van der Waals surface area contributed by atoms with Crippen molar-refractivity contribution in [2.24, 2.45) is 17.3 Å². The number of nitrogens with zero attached hydrogens (tertiary/aromatic N) is 2. The van der Waals surface area contributed by atoms with Crippen LogP contribution < -0.4 is 9.47 Å². The second-order valence-electron chi connectivity index (χ2n) is 13.6. The van der Waals surface area contributed by atoms with Crippen LogP contribution in [0.2, 0.25) is 0 Å². The van der Waals surface area contributed by atoms with Crippen LogP contribution in [0.3, 0.4) is 0 Å². The van der Waals surface area contributed by atoms with Gasteiger partial charge in [0.05, 0.1) is 19.2 Å². The number of carbonyl (C=O) groups is 1. The minimum Gasteiger partial charge on any atom is -0.485 e. The Hall–Kier alpha value is -3.45. The highest BCUT2D eigenvalue weighted by Gasteiger charge is 2.39. The van der Waals surface area contributed by atoms with Gasteiger partial charge < -0.3 is 14.6 Å². The molecule has 7 heteroatoms. The van der Waals surface area contributed by atoms with Crippen molar-refractivity contribution in [2.45, 2.75) is 77.9 Å².